The Hall–Kier alpha value is -2.25. The van der Waals surface area contributed by atoms with Crippen LogP contribution in [-0.4, -0.2) is 36.8 Å². The van der Waals surface area contributed by atoms with Gasteiger partial charge in [-0.2, -0.15) is 0 Å². The van der Waals surface area contributed by atoms with Crippen molar-refractivity contribution in [3.05, 3.63) is 59.9 Å². The molecule has 2 aromatic rings. The van der Waals surface area contributed by atoms with E-state index in [1.165, 1.54) is 12.1 Å². The number of piperidine rings is 1. The minimum absolute atomic E-state index is 0.0183. The number of amides is 1. The summed E-state index contributed by atoms with van der Waals surface area (Å²) in [4.78, 5) is 18.8. The van der Waals surface area contributed by atoms with Crippen LogP contribution in [0.2, 0.25) is 0 Å². The Morgan fingerprint density at radius 1 is 1.15 bits per heavy atom. The Labute approximate surface area is 160 Å². The maximum absolute atomic E-state index is 12.8. The molecule has 7 heteroatoms. The van der Waals surface area contributed by atoms with Crippen molar-refractivity contribution in [2.24, 2.45) is 0 Å². The molecule has 27 heavy (non-hydrogen) atoms. The number of nitrogens with zero attached hydrogens (tertiary/aromatic N) is 2. The van der Waals surface area contributed by atoms with Crippen molar-refractivity contribution >= 4 is 15.9 Å². The standard InChI is InChI=1S/C20H25N3O3S/c1-2-18-5-3-4-14-23(18)20(24)17-6-8-19(9-7-17)27(25,26)22-15-16-10-12-21-13-11-16/h6-13,18,22H,2-5,14-15H2,1H3. The Morgan fingerprint density at radius 2 is 1.85 bits per heavy atom. The van der Waals surface area contributed by atoms with E-state index < -0.39 is 10.0 Å². The molecule has 1 N–H and O–H groups in total. The zero-order valence-electron chi connectivity index (χ0n) is 15.5. The second-order valence-corrected chi connectivity index (χ2v) is 8.53. The van der Waals surface area contributed by atoms with E-state index in [9.17, 15) is 13.2 Å². The Kier molecular flexibility index (Phi) is 6.23. The average molecular weight is 388 g/mol. The summed E-state index contributed by atoms with van der Waals surface area (Å²) in [6.07, 6.45) is 7.39. The molecular formula is C20H25N3O3S. The fraction of sp³-hybridized carbons (Fsp3) is 0.400. The summed E-state index contributed by atoms with van der Waals surface area (Å²) < 4.78 is 27.5. The molecule has 1 saturated heterocycles. The predicted octanol–water partition coefficient (Wildman–Crippen LogP) is 2.96. The van der Waals surface area contributed by atoms with E-state index in [0.717, 1.165) is 37.8 Å². The lowest BCUT2D eigenvalue weighted by Gasteiger charge is -2.35. The molecule has 0 spiro atoms. The molecular weight excluding hydrogens is 362 g/mol. The van der Waals surface area contributed by atoms with Crippen molar-refractivity contribution in [1.82, 2.24) is 14.6 Å². The number of rotatable bonds is 6. The van der Waals surface area contributed by atoms with Gasteiger partial charge in [0.1, 0.15) is 0 Å². The summed E-state index contributed by atoms with van der Waals surface area (Å²) in [6.45, 7) is 3.06. The van der Waals surface area contributed by atoms with Crippen LogP contribution in [0.3, 0.4) is 0 Å². The summed E-state index contributed by atoms with van der Waals surface area (Å²) >= 11 is 0. The van der Waals surface area contributed by atoms with Crippen molar-refractivity contribution in [3.63, 3.8) is 0 Å². The first-order valence-electron chi connectivity index (χ1n) is 9.31. The molecule has 3 rings (SSSR count). The molecule has 1 atom stereocenters. The molecule has 2 heterocycles. The lowest BCUT2D eigenvalue weighted by atomic mass is 9.99. The Bertz CT molecular complexity index is 867. The van der Waals surface area contributed by atoms with Gasteiger partial charge in [-0.3, -0.25) is 9.78 Å². The van der Waals surface area contributed by atoms with Gasteiger partial charge in [0.15, 0.2) is 0 Å². The van der Waals surface area contributed by atoms with Gasteiger partial charge >= 0.3 is 0 Å². The van der Waals surface area contributed by atoms with E-state index in [4.69, 9.17) is 0 Å². The summed E-state index contributed by atoms with van der Waals surface area (Å²) in [7, 11) is -3.64. The van der Waals surface area contributed by atoms with Crippen LogP contribution in [0.5, 0.6) is 0 Å². The zero-order chi connectivity index (χ0) is 19.3. The minimum atomic E-state index is -3.64. The van der Waals surface area contributed by atoms with Crippen molar-refractivity contribution < 1.29 is 13.2 Å². The predicted molar refractivity (Wildman–Crippen MR) is 104 cm³/mol. The number of nitrogens with one attached hydrogen (secondary N) is 1. The minimum Gasteiger partial charge on any atom is -0.336 e. The molecule has 1 aromatic carbocycles. The normalized spacial score (nSPS) is 17.7. The van der Waals surface area contributed by atoms with Crippen LogP contribution in [0.15, 0.2) is 53.7 Å². The van der Waals surface area contributed by atoms with Crippen molar-refractivity contribution in [2.75, 3.05) is 6.54 Å². The molecule has 1 amide bonds. The smallest absolute Gasteiger partial charge is 0.254 e. The Balaban J connectivity index is 1.69. The molecule has 0 bridgehead atoms. The third-order valence-electron chi connectivity index (χ3n) is 4.99. The maximum atomic E-state index is 12.8. The number of hydrogen-bond donors (Lipinski definition) is 1. The van der Waals surface area contributed by atoms with Gasteiger partial charge in [0.2, 0.25) is 10.0 Å². The first-order chi connectivity index (χ1) is 13.0. The van der Waals surface area contributed by atoms with Crippen molar-refractivity contribution in [3.8, 4) is 0 Å². The molecule has 0 saturated carbocycles. The van der Waals surface area contributed by atoms with Crippen LogP contribution in [0.4, 0.5) is 0 Å². The molecule has 0 aliphatic carbocycles. The first-order valence-corrected chi connectivity index (χ1v) is 10.8. The topological polar surface area (TPSA) is 79.4 Å². The molecule has 6 nitrogen and oxygen atoms in total. The van der Waals surface area contributed by atoms with E-state index in [1.807, 2.05) is 4.90 Å². The molecule has 1 aliphatic rings. The molecule has 1 aromatic heterocycles. The van der Waals surface area contributed by atoms with Crippen LogP contribution in [0.25, 0.3) is 0 Å². The maximum Gasteiger partial charge on any atom is 0.254 e. The average Bonchev–Trinajstić information content (AvgIpc) is 2.72. The number of carbonyl (C=O) groups is 1. The highest BCUT2D eigenvalue weighted by Gasteiger charge is 2.26. The summed E-state index contributed by atoms with van der Waals surface area (Å²) in [5, 5.41) is 0. The molecule has 0 radical (unpaired) electrons. The third kappa shape index (κ3) is 4.73. The van der Waals surface area contributed by atoms with E-state index in [2.05, 4.69) is 16.6 Å². The first kappa shape index (κ1) is 19.5. The van der Waals surface area contributed by atoms with Crippen LogP contribution in [0, 0.1) is 0 Å². The van der Waals surface area contributed by atoms with Gasteiger partial charge in [0.25, 0.3) is 5.91 Å². The highest BCUT2D eigenvalue weighted by molar-refractivity contribution is 7.89. The van der Waals surface area contributed by atoms with E-state index in [0.29, 0.717) is 5.56 Å². The van der Waals surface area contributed by atoms with Crippen molar-refractivity contribution in [1.29, 1.82) is 0 Å². The second kappa shape index (κ2) is 8.63. The lowest BCUT2D eigenvalue weighted by molar-refractivity contribution is 0.0608. The van der Waals surface area contributed by atoms with E-state index in [-0.39, 0.29) is 23.4 Å². The Morgan fingerprint density at radius 3 is 2.52 bits per heavy atom. The fourth-order valence-corrected chi connectivity index (χ4v) is 4.41. The number of pyridine rings is 1. The van der Waals surface area contributed by atoms with E-state index in [1.54, 1.807) is 36.7 Å². The number of aromatic nitrogens is 1. The van der Waals surface area contributed by atoms with Crippen molar-refractivity contribution in [2.45, 2.75) is 50.1 Å². The summed E-state index contributed by atoms with van der Waals surface area (Å²) in [5.74, 6) is -0.0183. The van der Waals surface area contributed by atoms with Crippen LogP contribution >= 0.6 is 0 Å². The molecule has 1 fully saturated rings. The zero-order valence-corrected chi connectivity index (χ0v) is 16.3. The number of benzene rings is 1. The number of carbonyl (C=O) groups excluding carboxylic acids is 1. The quantitative estimate of drug-likeness (QED) is 0.826. The van der Waals surface area contributed by atoms with Crippen LogP contribution < -0.4 is 4.72 Å². The summed E-state index contributed by atoms with van der Waals surface area (Å²) in [6, 6.07) is 9.98. The van der Waals surface area contributed by atoms with Crippen LogP contribution in [-0.2, 0) is 16.6 Å². The monoisotopic (exact) mass is 387 g/mol. The molecule has 1 aliphatic heterocycles. The van der Waals surface area contributed by atoms with Gasteiger partial charge < -0.3 is 4.90 Å². The largest absolute Gasteiger partial charge is 0.336 e. The van der Waals surface area contributed by atoms with Gasteiger partial charge in [-0.1, -0.05) is 6.92 Å². The van der Waals surface area contributed by atoms with Gasteiger partial charge in [-0.15, -0.1) is 0 Å². The highest BCUT2D eigenvalue weighted by Crippen LogP contribution is 2.22. The number of sulfonamides is 1. The van der Waals surface area contributed by atoms with Gasteiger partial charge in [0, 0.05) is 37.1 Å². The van der Waals surface area contributed by atoms with Gasteiger partial charge in [-0.25, -0.2) is 13.1 Å². The molecule has 1 unspecified atom stereocenters. The summed E-state index contributed by atoms with van der Waals surface area (Å²) in [5.41, 5.74) is 1.36. The van der Waals surface area contributed by atoms with Crippen LogP contribution in [0.1, 0.15) is 48.5 Å². The molecule has 144 valence electrons. The van der Waals surface area contributed by atoms with Gasteiger partial charge in [0.05, 0.1) is 4.90 Å². The lowest BCUT2D eigenvalue weighted by Crippen LogP contribution is -2.43. The van der Waals surface area contributed by atoms with Gasteiger partial charge in [-0.05, 0) is 67.6 Å². The third-order valence-corrected chi connectivity index (χ3v) is 6.40. The second-order valence-electron chi connectivity index (χ2n) is 6.76. The SMILES string of the molecule is CCC1CCCCN1C(=O)c1ccc(S(=O)(=O)NCc2ccncc2)cc1. The van der Waals surface area contributed by atoms with E-state index >= 15 is 0 Å². The number of hydrogen-bond acceptors (Lipinski definition) is 4. The highest BCUT2D eigenvalue weighted by atomic mass is 32.2. The number of likely N-dealkylation sites (tertiary alicyclic amines) is 1. The fourth-order valence-electron chi connectivity index (χ4n) is 3.40.